The fourth-order valence-corrected chi connectivity index (χ4v) is 1.26. The Kier molecular flexibility index (Phi) is 5.66. The van der Waals surface area contributed by atoms with Crippen LogP contribution >= 0.6 is 0 Å². The largest absolute Gasteiger partial charge is 0.409 e. The SMILES string of the molecule is N#Cc1cccc(F)c1.N/C(=N\O)c1cccc(F)c1. The maximum atomic E-state index is 12.5. The van der Waals surface area contributed by atoms with E-state index in [1.165, 1.54) is 36.4 Å². The van der Waals surface area contributed by atoms with Gasteiger partial charge in [-0.25, -0.2) is 8.78 Å². The Hall–Kier alpha value is -2.94. The highest BCUT2D eigenvalue weighted by atomic mass is 19.1. The van der Waals surface area contributed by atoms with E-state index < -0.39 is 5.82 Å². The number of halogens is 2. The molecule has 0 radical (unpaired) electrons. The summed E-state index contributed by atoms with van der Waals surface area (Å²) in [7, 11) is 0. The van der Waals surface area contributed by atoms with Gasteiger partial charge in [-0.05, 0) is 30.3 Å². The topological polar surface area (TPSA) is 82.4 Å². The van der Waals surface area contributed by atoms with Crippen molar-refractivity contribution < 1.29 is 14.0 Å². The molecule has 0 spiro atoms. The molecule has 0 aliphatic rings. The standard InChI is InChI=1S/C7H7FN2O.C7H4FN/c8-6-3-1-2-5(4-6)7(9)10-11;8-7-3-1-2-6(4-7)5-9/h1-4,11H,(H2,9,10);1-4H. The molecule has 2 aromatic carbocycles. The van der Waals surface area contributed by atoms with Gasteiger partial charge in [-0.15, -0.1) is 0 Å². The second kappa shape index (κ2) is 7.48. The molecule has 0 aliphatic heterocycles. The summed E-state index contributed by atoms with van der Waals surface area (Å²) in [6.07, 6.45) is 0. The highest BCUT2D eigenvalue weighted by molar-refractivity contribution is 5.96. The number of amidine groups is 1. The van der Waals surface area contributed by atoms with Crippen LogP contribution in [0.1, 0.15) is 11.1 Å². The molecule has 3 N–H and O–H groups in total. The van der Waals surface area contributed by atoms with Crippen molar-refractivity contribution in [2.45, 2.75) is 0 Å². The molecule has 20 heavy (non-hydrogen) atoms. The molecule has 0 atom stereocenters. The van der Waals surface area contributed by atoms with Crippen LogP contribution in [0.25, 0.3) is 0 Å². The van der Waals surface area contributed by atoms with Crippen molar-refractivity contribution in [2.24, 2.45) is 10.9 Å². The third kappa shape index (κ3) is 4.74. The van der Waals surface area contributed by atoms with E-state index in [0.717, 1.165) is 0 Å². The first-order valence-electron chi connectivity index (χ1n) is 5.46. The van der Waals surface area contributed by atoms with Gasteiger partial charge in [0.2, 0.25) is 0 Å². The van der Waals surface area contributed by atoms with Crippen LogP contribution in [0.2, 0.25) is 0 Å². The summed E-state index contributed by atoms with van der Waals surface area (Å²) >= 11 is 0. The molecule has 0 fully saturated rings. The average Bonchev–Trinajstić information content (AvgIpc) is 2.47. The summed E-state index contributed by atoms with van der Waals surface area (Å²) in [4.78, 5) is 0. The molecule has 0 aliphatic carbocycles. The minimum absolute atomic E-state index is 0.0931. The predicted molar refractivity (Wildman–Crippen MR) is 70.0 cm³/mol. The van der Waals surface area contributed by atoms with Crippen molar-refractivity contribution in [1.29, 1.82) is 5.26 Å². The van der Waals surface area contributed by atoms with Crippen molar-refractivity contribution in [3.8, 4) is 6.07 Å². The number of benzene rings is 2. The molecule has 0 saturated carbocycles. The summed E-state index contributed by atoms with van der Waals surface area (Å²) < 4.78 is 24.7. The number of hydrogen-bond acceptors (Lipinski definition) is 3. The number of rotatable bonds is 1. The van der Waals surface area contributed by atoms with Gasteiger partial charge < -0.3 is 10.9 Å². The molecule has 0 unspecified atom stereocenters. The van der Waals surface area contributed by atoms with Gasteiger partial charge in [0.1, 0.15) is 11.6 Å². The summed E-state index contributed by atoms with van der Waals surface area (Å²) in [5.74, 6) is -0.868. The van der Waals surface area contributed by atoms with Gasteiger partial charge in [-0.1, -0.05) is 23.4 Å². The van der Waals surface area contributed by atoms with E-state index >= 15 is 0 Å². The molecule has 2 rings (SSSR count). The van der Waals surface area contributed by atoms with Gasteiger partial charge >= 0.3 is 0 Å². The highest BCUT2D eigenvalue weighted by Gasteiger charge is 1.98. The molecular weight excluding hydrogens is 264 g/mol. The lowest BCUT2D eigenvalue weighted by Gasteiger charge is -1.96. The first-order valence-corrected chi connectivity index (χ1v) is 5.46. The Labute approximate surface area is 114 Å². The van der Waals surface area contributed by atoms with Crippen molar-refractivity contribution in [1.82, 2.24) is 0 Å². The van der Waals surface area contributed by atoms with Crippen LogP contribution in [0.4, 0.5) is 8.78 Å². The summed E-state index contributed by atoms with van der Waals surface area (Å²) in [5.41, 5.74) is 5.92. The second-order valence-electron chi connectivity index (χ2n) is 3.62. The third-order valence-corrected chi connectivity index (χ3v) is 2.18. The number of nitrogens with two attached hydrogens (primary N) is 1. The van der Waals surface area contributed by atoms with E-state index in [-0.39, 0.29) is 11.7 Å². The van der Waals surface area contributed by atoms with E-state index in [1.807, 2.05) is 6.07 Å². The predicted octanol–water partition coefficient (Wildman–Crippen LogP) is 2.62. The minimum atomic E-state index is -0.408. The van der Waals surface area contributed by atoms with Gasteiger partial charge in [0, 0.05) is 5.56 Å². The molecule has 0 heterocycles. The average molecular weight is 275 g/mol. The van der Waals surface area contributed by atoms with Crippen molar-refractivity contribution in [3.05, 3.63) is 71.3 Å². The number of oxime groups is 1. The van der Waals surface area contributed by atoms with E-state index in [1.54, 1.807) is 12.1 Å². The quantitative estimate of drug-likeness (QED) is 0.363. The first kappa shape index (κ1) is 15.1. The Balaban J connectivity index is 0.000000204. The lowest BCUT2D eigenvalue weighted by molar-refractivity contribution is 0.318. The van der Waals surface area contributed by atoms with Crippen LogP contribution in [-0.2, 0) is 0 Å². The van der Waals surface area contributed by atoms with Crippen molar-refractivity contribution >= 4 is 5.84 Å². The molecular formula is C14H11F2N3O. The van der Waals surface area contributed by atoms with Gasteiger partial charge in [-0.2, -0.15) is 5.26 Å². The van der Waals surface area contributed by atoms with Crippen molar-refractivity contribution in [3.63, 3.8) is 0 Å². The van der Waals surface area contributed by atoms with Gasteiger partial charge in [0.25, 0.3) is 0 Å². The molecule has 6 heteroatoms. The fourth-order valence-electron chi connectivity index (χ4n) is 1.26. The number of hydrogen-bond donors (Lipinski definition) is 2. The van der Waals surface area contributed by atoms with Crippen LogP contribution in [0.5, 0.6) is 0 Å². The van der Waals surface area contributed by atoms with Gasteiger partial charge in [0.05, 0.1) is 11.6 Å². The smallest absolute Gasteiger partial charge is 0.170 e. The van der Waals surface area contributed by atoms with E-state index in [4.69, 9.17) is 16.2 Å². The van der Waals surface area contributed by atoms with Crippen LogP contribution in [0, 0.1) is 23.0 Å². The zero-order chi connectivity index (χ0) is 15.0. The van der Waals surface area contributed by atoms with Crippen LogP contribution in [0.15, 0.2) is 53.7 Å². The summed E-state index contributed by atoms with van der Waals surface area (Å²) in [5, 5.41) is 19.2. The molecule has 102 valence electrons. The molecule has 4 nitrogen and oxygen atoms in total. The van der Waals surface area contributed by atoms with Crippen molar-refractivity contribution in [2.75, 3.05) is 0 Å². The zero-order valence-corrected chi connectivity index (χ0v) is 10.3. The van der Waals surface area contributed by atoms with Crippen LogP contribution in [-0.4, -0.2) is 11.0 Å². The Morgan fingerprint density at radius 1 is 1.10 bits per heavy atom. The molecule has 0 amide bonds. The fraction of sp³-hybridized carbons (Fsp3) is 0. The summed E-state index contributed by atoms with van der Waals surface area (Å²) in [6, 6.07) is 12.9. The van der Waals surface area contributed by atoms with Gasteiger partial charge in [0.15, 0.2) is 5.84 Å². The first-order chi connectivity index (χ1) is 9.56. The van der Waals surface area contributed by atoms with Gasteiger partial charge in [-0.3, -0.25) is 0 Å². The normalized spacial score (nSPS) is 10.2. The minimum Gasteiger partial charge on any atom is -0.409 e. The Bertz CT molecular complexity index is 651. The summed E-state index contributed by atoms with van der Waals surface area (Å²) in [6.45, 7) is 0. The van der Waals surface area contributed by atoms with Crippen LogP contribution in [0.3, 0.4) is 0 Å². The Morgan fingerprint density at radius 2 is 1.70 bits per heavy atom. The molecule has 0 saturated heterocycles. The number of nitrogens with zero attached hydrogens (tertiary/aromatic N) is 2. The lowest BCUT2D eigenvalue weighted by Crippen LogP contribution is -2.12. The Morgan fingerprint density at radius 3 is 2.15 bits per heavy atom. The third-order valence-electron chi connectivity index (χ3n) is 2.18. The zero-order valence-electron chi connectivity index (χ0n) is 10.3. The highest BCUT2D eigenvalue weighted by Crippen LogP contribution is 2.02. The van der Waals surface area contributed by atoms with E-state index in [2.05, 4.69) is 5.16 Å². The molecule has 2 aromatic rings. The molecule has 0 bridgehead atoms. The maximum Gasteiger partial charge on any atom is 0.170 e. The molecule has 0 aromatic heterocycles. The maximum absolute atomic E-state index is 12.5. The van der Waals surface area contributed by atoms with E-state index in [0.29, 0.717) is 11.1 Å². The van der Waals surface area contributed by atoms with E-state index in [9.17, 15) is 8.78 Å². The lowest BCUT2D eigenvalue weighted by atomic mass is 10.2. The monoisotopic (exact) mass is 275 g/mol. The number of nitriles is 1. The second-order valence-corrected chi connectivity index (χ2v) is 3.62. The van der Waals surface area contributed by atoms with Crippen LogP contribution < -0.4 is 5.73 Å².